The van der Waals surface area contributed by atoms with Gasteiger partial charge in [-0.25, -0.2) is 4.39 Å². The first-order valence-corrected chi connectivity index (χ1v) is 7.54. The van der Waals surface area contributed by atoms with E-state index in [9.17, 15) is 14.0 Å². The molecule has 0 aromatic heterocycles. The molecule has 6 heteroatoms. The summed E-state index contributed by atoms with van der Waals surface area (Å²) in [7, 11) is 0. The van der Waals surface area contributed by atoms with Crippen LogP contribution in [0, 0.1) is 5.82 Å². The van der Waals surface area contributed by atoms with Crippen molar-refractivity contribution in [1.29, 1.82) is 0 Å². The van der Waals surface area contributed by atoms with Gasteiger partial charge in [0.1, 0.15) is 11.9 Å². The molecule has 3 rings (SSSR count). The maximum Gasteiger partial charge on any atom is 0.257 e. The molecule has 2 aromatic rings. The summed E-state index contributed by atoms with van der Waals surface area (Å²) in [4.78, 5) is 26.4. The lowest BCUT2D eigenvalue weighted by Crippen LogP contribution is -2.52. The molecule has 23 heavy (non-hydrogen) atoms. The number of carbonyl (C=O) groups excluding carboxylic acids is 2. The van der Waals surface area contributed by atoms with E-state index in [2.05, 4.69) is 5.32 Å². The molecule has 0 radical (unpaired) electrons. The number of nitrogens with one attached hydrogen (secondary N) is 1. The van der Waals surface area contributed by atoms with Gasteiger partial charge in [0.15, 0.2) is 0 Å². The molecule has 1 fully saturated rings. The first-order valence-electron chi connectivity index (χ1n) is 7.16. The first-order chi connectivity index (χ1) is 11.1. The normalized spacial score (nSPS) is 17.7. The van der Waals surface area contributed by atoms with Crippen molar-refractivity contribution < 1.29 is 14.0 Å². The Labute approximate surface area is 137 Å². The maximum atomic E-state index is 13.9. The van der Waals surface area contributed by atoms with Crippen LogP contribution in [-0.2, 0) is 4.79 Å². The molecule has 1 saturated heterocycles. The van der Waals surface area contributed by atoms with Gasteiger partial charge in [-0.1, -0.05) is 35.9 Å². The van der Waals surface area contributed by atoms with Gasteiger partial charge in [-0.2, -0.15) is 0 Å². The largest absolute Gasteiger partial charge is 0.352 e. The highest BCUT2D eigenvalue weighted by molar-refractivity contribution is 6.30. The zero-order chi connectivity index (χ0) is 16.4. The minimum absolute atomic E-state index is 0.0470. The van der Waals surface area contributed by atoms with Gasteiger partial charge in [0, 0.05) is 18.1 Å². The van der Waals surface area contributed by atoms with Gasteiger partial charge < -0.3 is 10.2 Å². The number of rotatable bonds is 2. The van der Waals surface area contributed by atoms with Gasteiger partial charge in [0.25, 0.3) is 5.91 Å². The number of carbonyl (C=O) groups is 2. The standard InChI is InChI=1S/C17H14ClFN2O2/c18-12-5-3-4-11(10-12)15-16(22)20-8-9-21(15)17(23)13-6-1-2-7-14(13)19/h1-7,10,15H,8-9H2,(H,20,22). The molecule has 4 nitrogen and oxygen atoms in total. The number of benzene rings is 2. The fraction of sp³-hybridized carbons (Fsp3) is 0.176. The molecule has 0 aliphatic carbocycles. The second-order valence-corrected chi connectivity index (χ2v) is 5.66. The average molecular weight is 333 g/mol. The lowest BCUT2D eigenvalue weighted by Gasteiger charge is -2.35. The van der Waals surface area contributed by atoms with E-state index >= 15 is 0 Å². The van der Waals surface area contributed by atoms with Crippen molar-refractivity contribution >= 4 is 23.4 Å². The van der Waals surface area contributed by atoms with E-state index in [1.54, 1.807) is 30.3 Å². The summed E-state index contributed by atoms with van der Waals surface area (Å²) in [5, 5.41) is 3.20. The van der Waals surface area contributed by atoms with E-state index in [1.165, 1.54) is 23.1 Å². The number of hydrogen-bond donors (Lipinski definition) is 1. The number of hydrogen-bond acceptors (Lipinski definition) is 2. The van der Waals surface area contributed by atoms with Crippen LogP contribution in [0.25, 0.3) is 0 Å². The van der Waals surface area contributed by atoms with Crippen molar-refractivity contribution in [2.45, 2.75) is 6.04 Å². The quantitative estimate of drug-likeness (QED) is 0.919. The Morgan fingerprint density at radius 2 is 2.00 bits per heavy atom. The van der Waals surface area contributed by atoms with Gasteiger partial charge in [0.2, 0.25) is 5.91 Å². The summed E-state index contributed by atoms with van der Waals surface area (Å²) in [6, 6.07) is 11.7. The number of nitrogens with zero attached hydrogens (tertiary/aromatic N) is 1. The predicted octanol–water partition coefficient (Wildman–Crippen LogP) is 2.79. The second kappa shape index (κ2) is 6.38. The van der Waals surface area contributed by atoms with Gasteiger partial charge in [0.05, 0.1) is 5.56 Å². The minimum Gasteiger partial charge on any atom is -0.352 e. The van der Waals surface area contributed by atoms with Gasteiger partial charge >= 0.3 is 0 Å². The Balaban J connectivity index is 2.00. The second-order valence-electron chi connectivity index (χ2n) is 5.23. The Morgan fingerprint density at radius 3 is 2.74 bits per heavy atom. The lowest BCUT2D eigenvalue weighted by atomic mass is 10.0. The Morgan fingerprint density at radius 1 is 1.22 bits per heavy atom. The molecule has 1 aliphatic rings. The summed E-state index contributed by atoms with van der Waals surface area (Å²) in [6.45, 7) is 0.631. The maximum absolute atomic E-state index is 13.9. The first kappa shape index (κ1) is 15.5. The third-order valence-corrected chi connectivity index (χ3v) is 3.98. The van der Waals surface area contributed by atoms with Crippen molar-refractivity contribution in [3.63, 3.8) is 0 Å². The third-order valence-electron chi connectivity index (χ3n) is 3.74. The SMILES string of the molecule is O=C1NCCN(C(=O)c2ccccc2F)C1c1cccc(Cl)c1. The molecule has 1 aliphatic heterocycles. The van der Waals surface area contributed by atoms with Crippen LogP contribution in [0.4, 0.5) is 4.39 Å². The van der Waals surface area contributed by atoms with Gasteiger partial charge in [-0.3, -0.25) is 9.59 Å². The van der Waals surface area contributed by atoms with Crippen LogP contribution in [0.15, 0.2) is 48.5 Å². The molecule has 1 unspecified atom stereocenters. The Bertz CT molecular complexity index is 766. The van der Waals surface area contributed by atoms with E-state index in [-0.39, 0.29) is 11.5 Å². The van der Waals surface area contributed by atoms with Crippen LogP contribution in [0.2, 0.25) is 5.02 Å². The fourth-order valence-electron chi connectivity index (χ4n) is 2.68. The Kier molecular flexibility index (Phi) is 4.30. The monoisotopic (exact) mass is 332 g/mol. The molecular weight excluding hydrogens is 319 g/mol. The molecule has 0 spiro atoms. The van der Waals surface area contributed by atoms with Crippen LogP contribution in [0.3, 0.4) is 0 Å². The van der Waals surface area contributed by atoms with Crippen molar-refractivity contribution in [3.8, 4) is 0 Å². The minimum atomic E-state index is -0.824. The summed E-state index contributed by atoms with van der Waals surface area (Å²) < 4.78 is 13.9. The molecule has 0 bridgehead atoms. The van der Waals surface area contributed by atoms with E-state index < -0.39 is 17.8 Å². The molecule has 1 atom stereocenters. The van der Waals surface area contributed by atoms with Crippen LogP contribution in [0.1, 0.15) is 22.0 Å². The zero-order valence-corrected chi connectivity index (χ0v) is 12.9. The van der Waals surface area contributed by atoms with Gasteiger partial charge in [-0.05, 0) is 29.8 Å². The molecule has 2 amide bonds. The highest BCUT2D eigenvalue weighted by atomic mass is 35.5. The van der Waals surface area contributed by atoms with E-state index in [0.29, 0.717) is 23.7 Å². The smallest absolute Gasteiger partial charge is 0.257 e. The summed E-state index contributed by atoms with van der Waals surface area (Å²) in [5.41, 5.74) is 0.550. The van der Waals surface area contributed by atoms with E-state index in [1.807, 2.05) is 0 Å². The van der Waals surface area contributed by atoms with Gasteiger partial charge in [-0.15, -0.1) is 0 Å². The molecule has 1 heterocycles. The zero-order valence-electron chi connectivity index (χ0n) is 12.1. The predicted molar refractivity (Wildman–Crippen MR) is 84.6 cm³/mol. The summed E-state index contributed by atoms with van der Waals surface area (Å²) in [6.07, 6.45) is 0. The highest BCUT2D eigenvalue weighted by Crippen LogP contribution is 2.27. The average Bonchev–Trinajstić information content (AvgIpc) is 2.54. The summed E-state index contributed by atoms with van der Waals surface area (Å²) >= 11 is 5.99. The van der Waals surface area contributed by atoms with Crippen LogP contribution < -0.4 is 5.32 Å². The number of halogens is 2. The molecular formula is C17H14ClFN2O2. The molecule has 0 saturated carbocycles. The van der Waals surface area contributed by atoms with Crippen molar-refractivity contribution in [2.24, 2.45) is 0 Å². The van der Waals surface area contributed by atoms with E-state index in [0.717, 1.165) is 0 Å². The fourth-order valence-corrected chi connectivity index (χ4v) is 2.88. The molecule has 2 aromatic carbocycles. The third kappa shape index (κ3) is 3.05. The van der Waals surface area contributed by atoms with Crippen molar-refractivity contribution in [2.75, 3.05) is 13.1 Å². The Hall–Kier alpha value is -2.40. The van der Waals surface area contributed by atoms with Crippen LogP contribution in [0.5, 0.6) is 0 Å². The number of piperazine rings is 1. The van der Waals surface area contributed by atoms with Crippen LogP contribution >= 0.6 is 11.6 Å². The highest BCUT2D eigenvalue weighted by Gasteiger charge is 2.35. The summed E-state index contributed by atoms with van der Waals surface area (Å²) in [5.74, 6) is -1.42. The lowest BCUT2D eigenvalue weighted by molar-refractivity contribution is -0.128. The van der Waals surface area contributed by atoms with Crippen molar-refractivity contribution in [1.82, 2.24) is 10.2 Å². The molecule has 118 valence electrons. The molecule has 1 N–H and O–H groups in total. The topological polar surface area (TPSA) is 49.4 Å². The van der Waals surface area contributed by atoms with Crippen molar-refractivity contribution in [3.05, 3.63) is 70.5 Å². The number of amides is 2. The van der Waals surface area contributed by atoms with E-state index in [4.69, 9.17) is 11.6 Å². The van der Waals surface area contributed by atoms with Crippen LogP contribution in [-0.4, -0.2) is 29.8 Å².